The van der Waals surface area contributed by atoms with E-state index in [4.69, 9.17) is 16.7 Å². The van der Waals surface area contributed by atoms with Gasteiger partial charge in [-0.3, -0.25) is 0 Å². The summed E-state index contributed by atoms with van der Waals surface area (Å²) in [6, 6.07) is 9.03. The zero-order chi connectivity index (χ0) is 13.3. The molecule has 0 aliphatic rings. The van der Waals surface area contributed by atoms with Gasteiger partial charge >= 0.3 is 5.97 Å². The van der Waals surface area contributed by atoms with Crippen molar-refractivity contribution in [2.45, 2.75) is 6.92 Å². The third kappa shape index (κ3) is 2.36. The molecule has 18 heavy (non-hydrogen) atoms. The SMILES string of the molecule is Cc1ccc(F)cc1-c1ccc(C(=O)O)c(Cl)c1. The van der Waals surface area contributed by atoms with Gasteiger partial charge in [-0.05, 0) is 47.9 Å². The van der Waals surface area contributed by atoms with Crippen molar-refractivity contribution in [1.29, 1.82) is 0 Å². The number of rotatable bonds is 2. The van der Waals surface area contributed by atoms with Gasteiger partial charge in [0.15, 0.2) is 0 Å². The number of hydrogen-bond acceptors (Lipinski definition) is 1. The molecule has 2 rings (SSSR count). The van der Waals surface area contributed by atoms with Gasteiger partial charge in [-0.25, -0.2) is 9.18 Å². The molecule has 0 atom stereocenters. The van der Waals surface area contributed by atoms with Gasteiger partial charge < -0.3 is 5.11 Å². The molecule has 0 bridgehead atoms. The van der Waals surface area contributed by atoms with Crippen molar-refractivity contribution < 1.29 is 14.3 Å². The van der Waals surface area contributed by atoms with Gasteiger partial charge in [0.2, 0.25) is 0 Å². The van der Waals surface area contributed by atoms with E-state index in [1.807, 2.05) is 6.92 Å². The molecular weight excluding hydrogens is 255 g/mol. The molecule has 92 valence electrons. The third-order valence-electron chi connectivity index (χ3n) is 2.71. The van der Waals surface area contributed by atoms with E-state index < -0.39 is 5.97 Å². The van der Waals surface area contributed by atoms with Gasteiger partial charge in [0.05, 0.1) is 10.6 Å². The third-order valence-corrected chi connectivity index (χ3v) is 3.02. The maximum atomic E-state index is 13.2. The van der Waals surface area contributed by atoms with E-state index in [1.165, 1.54) is 24.3 Å². The van der Waals surface area contributed by atoms with Crippen molar-refractivity contribution in [3.8, 4) is 11.1 Å². The standard InChI is InChI=1S/C14H10ClFO2/c1-8-2-4-10(16)7-12(8)9-3-5-11(14(17)18)13(15)6-9/h2-7H,1H3,(H,17,18). The number of carbonyl (C=O) groups is 1. The minimum Gasteiger partial charge on any atom is -0.478 e. The van der Waals surface area contributed by atoms with Crippen LogP contribution < -0.4 is 0 Å². The average molecular weight is 265 g/mol. The van der Waals surface area contributed by atoms with Gasteiger partial charge in [0.1, 0.15) is 5.82 Å². The Balaban J connectivity index is 2.55. The fourth-order valence-corrected chi connectivity index (χ4v) is 2.02. The van der Waals surface area contributed by atoms with Gasteiger partial charge in [0.25, 0.3) is 0 Å². The molecule has 0 aromatic heterocycles. The summed E-state index contributed by atoms with van der Waals surface area (Å²) in [5.74, 6) is -1.42. The Hall–Kier alpha value is -1.87. The first-order chi connectivity index (χ1) is 8.49. The number of benzene rings is 2. The van der Waals surface area contributed by atoms with Crippen LogP contribution in [-0.4, -0.2) is 11.1 Å². The molecule has 2 nitrogen and oxygen atoms in total. The van der Waals surface area contributed by atoms with E-state index in [1.54, 1.807) is 12.1 Å². The van der Waals surface area contributed by atoms with E-state index in [0.29, 0.717) is 11.1 Å². The highest BCUT2D eigenvalue weighted by Crippen LogP contribution is 2.28. The smallest absolute Gasteiger partial charge is 0.337 e. The van der Waals surface area contributed by atoms with E-state index in [-0.39, 0.29) is 16.4 Å². The number of halogens is 2. The molecule has 0 aliphatic heterocycles. The summed E-state index contributed by atoms with van der Waals surface area (Å²) in [5, 5.41) is 9.02. The molecule has 0 amide bonds. The van der Waals surface area contributed by atoms with Crippen LogP contribution in [0, 0.1) is 12.7 Å². The Morgan fingerprint density at radius 3 is 2.56 bits per heavy atom. The van der Waals surface area contributed by atoms with E-state index in [9.17, 15) is 9.18 Å². The fourth-order valence-electron chi connectivity index (χ4n) is 1.76. The first kappa shape index (κ1) is 12.6. The highest BCUT2D eigenvalue weighted by Gasteiger charge is 2.11. The molecule has 0 saturated carbocycles. The van der Waals surface area contributed by atoms with E-state index in [0.717, 1.165) is 5.56 Å². The lowest BCUT2D eigenvalue weighted by Gasteiger charge is -2.08. The molecule has 0 aliphatic carbocycles. The van der Waals surface area contributed by atoms with Gasteiger partial charge in [-0.2, -0.15) is 0 Å². The maximum absolute atomic E-state index is 13.2. The zero-order valence-electron chi connectivity index (χ0n) is 9.58. The van der Waals surface area contributed by atoms with Crippen LogP contribution in [0.3, 0.4) is 0 Å². The average Bonchev–Trinajstić information content (AvgIpc) is 2.31. The van der Waals surface area contributed by atoms with Crippen molar-refractivity contribution in [1.82, 2.24) is 0 Å². The summed E-state index contributed by atoms with van der Waals surface area (Å²) in [5.41, 5.74) is 2.33. The first-order valence-electron chi connectivity index (χ1n) is 5.28. The largest absolute Gasteiger partial charge is 0.478 e. The molecule has 4 heteroatoms. The number of aromatic carboxylic acids is 1. The van der Waals surface area contributed by atoms with Gasteiger partial charge in [-0.15, -0.1) is 0 Å². The van der Waals surface area contributed by atoms with E-state index in [2.05, 4.69) is 0 Å². The minimum absolute atomic E-state index is 0.0365. The zero-order valence-corrected chi connectivity index (χ0v) is 10.3. The Kier molecular flexibility index (Phi) is 3.34. The number of carboxylic acids is 1. The van der Waals surface area contributed by atoms with Crippen LogP contribution in [0.1, 0.15) is 15.9 Å². The number of hydrogen-bond donors (Lipinski definition) is 1. The summed E-state index contributed by atoms with van der Waals surface area (Å²) in [7, 11) is 0. The monoisotopic (exact) mass is 264 g/mol. The van der Waals surface area contributed by atoms with Crippen molar-refractivity contribution in [3.05, 3.63) is 58.4 Å². The van der Waals surface area contributed by atoms with Crippen molar-refractivity contribution in [2.75, 3.05) is 0 Å². The van der Waals surface area contributed by atoms with Crippen molar-refractivity contribution in [2.24, 2.45) is 0 Å². The van der Waals surface area contributed by atoms with E-state index >= 15 is 0 Å². The number of carboxylic acid groups (broad SMARTS) is 1. The molecular formula is C14H10ClFO2. The highest BCUT2D eigenvalue weighted by atomic mass is 35.5. The highest BCUT2D eigenvalue weighted by molar-refractivity contribution is 6.33. The van der Waals surface area contributed by atoms with Crippen LogP contribution in [0.4, 0.5) is 4.39 Å². The van der Waals surface area contributed by atoms with Crippen LogP contribution in [-0.2, 0) is 0 Å². The molecule has 1 N–H and O–H groups in total. The summed E-state index contributed by atoms with van der Waals surface area (Å²) in [6.45, 7) is 1.85. The predicted octanol–water partition coefficient (Wildman–Crippen LogP) is 4.15. The van der Waals surface area contributed by atoms with Crippen molar-refractivity contribution in [3.63, 3.8) is 0 Å². The second kappa shape index (κ2) is 4.78. The molecule has 0 heterocycles. The summed E-state index contributed by atoms with van der Waals surface area (Å²) in [6.07, 6.45) is 0. The lowest BCUT2D eigenvalue weighted by Crippen LogP contribution is -1.97. The minimum atomic E-state index is -1.08. The Morgan fingerprint density at radius 2 is 1.94 bits per heavy atom. The Bertz CT molecular complexity index is 623. The summed E-state index contributed by atoms with van der Waals surface area (Å²) < 4.78 is 13.2. The normalized spacial score (nSPS) is 10.4. The lowest BCUT2D eigenvalue weighted by atomic mass is 9.99. The van der Waals surface area contributed by atoms with Crippen LogP contribution in [0.25, 0.3) is 11.1 Å². The Morgan fingerprint density at radius 1 is 1.22 bits per heavy atom. The van der Waals surface area contributed by atoms with Crippen LogP contribution in [0.5, 0.6) is 0 Å². The Labute approximate surface area is 109 Å². The summed E-state index contributed by atoms with van der Waals surface area (Å²) in [4.78, 5) is 10.8. The number of aryl methyl sites for hydroxylation is 1. The topological polar surface area (TPSA) is 37.3 Å². The van der Waals surface area contributed by atoms with Crippen LogP contribution in [0.15, 0.2) is 36.4 Å². The molecule has 0 unspecified atom stereocenters. The molecule has 2 aromatic carbocycles. The second-order valence-electron chi connectivity index (χ2n) is 3.96. The van der Waals surface area contributed by atoms with Crippen molar-refractivity contribution >= 4 is 17.6 Å². The second-order valence-corrected chi connectivity index (χ2v) is 4.37. The molecule has 0 spiro atoms. The molecule has 2 aromatic rings. The molecule has 0 saturated heterocycles. The quantitative estimate of drug-likeness (QED) is 0.885. The first-order valence-corrected chi connectivity index (χ1v) is 5.66. The van der Waals surface area contributed by atoms with Crippen LogP contribution in [0.2, 0.25) is 5.02 Å². The summed E-state index contributed by atoms with van der Waals surface area (Å²) >= 11 is 5.89. The fraction of sp³-hybridized carbons (Fsp3) is 0.0714. The van der Waals surface area contributed by atoms with Crippen LogP contribution >= 0.6 is 11.6 Å². The van der Waals surface area contributed by atoms with Gasteiger partial charge in [0, 0.05) is 0 Å². The molecule has 0 radical (unpaired) electrons. The predicted molar refractivity (Wildman–Crippen MR) is 68.5 cm³/mol. The lowest BCUT2D eigenvalue weighted by molar-refractivity contribution is 0.0697. The maximum Gasteiger partial charge on any atom is 0.337 e. The van der Waals surface area contributed by atoms with Gasteiger partial charge in [-0.1, -0.05) is 23.7 Å². The molecule has 0 fully saturated rings.